The van der Waals surface area contributed by atoms with Gasteiger partial charge in [-0.05, 0) is 66.4 Å². The van der Waals surface area contributed by atoms with Crippen LogP contribution < -0.4 is 0 Å². The zero-order chi connectivity index (χ0) is 40.0. The third-order valence-electron chi connectivity index (χ3n) is 13.2. The van der Waals surface area contributed by atoms with Gasteiger partial charge in [-0.3, -0.25) is 4.79 Å². The maximum Gasteiger partial charge on any atom is 0.311 e. The third kappa shape index (κ3) is 8.86. The van der Waals surface area contributed by atoms with Crippen molar-refractivity contribution in [1.29, 1.82) is 0 Å². The highest BCUT2D eigenvalue weighted by atomic mass is 16.7. The lowest BCUT2D eigenvalue weighted by molar-refractivity contribution is -0.916. The number of ether oxygens (including phenoxy) is 7. The highest BCUT2D eigenvalue weighted by Gasteiger charge is 2.58. The maximum absolute atomic E-state index is 14.2. The first-order valence-electron chi connectivity index (χ1n) is 19.7. The molecule has 4 aliphatic heterocycles. The molecule has 308 valence electrons. The molecule has 4 heterocycles. The van der Waals surface area contributed by atoms with Crippen LogP contribution in [0.3, 0.4) is 0 Å². The summed E-state index contributed by atoms with van der Waals surface area (Å²) in [6.45, 7) is 22.9. The van der Waals surface area contributed by atoms with E-state index in [2.05, 4.69) is 27.6 Å². The van der Waals surface area contributed by atoms with Gasteiger partial charge in [0, 0.05) is 31.8 Å². The van der Waals surface area contributed by atoms with E-state index in [0.717, 1.165) is 0 Å². The number of likely N-dealkylation sites (N-methyl/N-ethyl adjacent to an activating group) is 1. The second-order valence-corrected chi connectivity index (χ2v) is 18.0. The molecule has 13 unspecified atom stereocenters. The quantitative estimate of drug-likeness (QED) is 0.155. The summed E-state index contributed by atoms with van der Waals surface area (Å²) in [6, 6.07) is -0.226. The number of carbonyl (C=O) groups is 1. The molecule has 4 aliphatic rings. The molecule has 0 radical (unpaired) electrons. The van der Waals surface area contributed by atoms with Crippen LogP contribution in [0.25, 0.3) is 0 Å². The zero-order valence-corrected chi connectivity index (χ0v) is 34.6. The van der Waals surface area contributed by atoms with Gasteiger partial charge in [-0.1, -0.05) is 34.3 Å². The Balaban J connectivity index is 1.85. The lowest BCUT2D eigenvalue weighted by Gasteiger charge is -2.49. The minimum atomic E-state index is -1.79. The molecule has 4 N–H and O–H groups in total. The van der Waals surface area contributed by atoms with E-state index in [4.69, 9.17) is 33.2 Å². The van der Waals surface area contributed by atoms with Crippen LogP contribution in [-0.2, 0) is 38.0 Å². The number of fused-ring (bicyclic) bond motifs is 2. The van der Waals surface area contributed by atoms with E-state index >= 15 is 0 Å². The fourth-order valence-electron chi connectivity index (χ4n) is 9.85. The summed E-state index contributed by atoms with van der Waals surface area (Å²) < 4.78 is 45.7. The van der Waals surface area contributed by atoms with Gasteiger partial charge in [-0.25, -0.2) is 0 Å². The Morgan fingerprint density at radius 2 is 1.60 bits per heavy atom. The lowest BCUT2D eigenvalue weighted by Crippen LogP contribution is -2.64. The van der Waals surface area contributed by atoms with Crippen molar-refractivity contribution in [2.75, 3.05) is 27.7 Å². The molecule has 0 aromatic heterocycles. The lowest BCUT2D eigenvalue weighted by atomic mass is 9.76. The van der Waals surface area contributed by atoms with E-state index in [1.165, 1.54) is 14.0 Å². The summed E-state index contributed by atoms with van der Waals surface area (Å²) >= 11 is 0. The zero-order valence-electron chi connectivity index (χ0n) is 34.6. The first kappa shape index (κ1) is 44.5. The van der Waals surface area contributed by atoms with E-state index in [-0.39, 0.29) is 30.9 Å². The van der Waals surface area contributed by atoms with E-state index in [0.29, 0.717) is 23.9 Å². The molecular weight excluding hydrogens is 686 g/mol. The number of quaternary nitrogens is 1. The largest absolute Gasteiger partial charge is 0.459 e. The van der Waals surface area contributed by atoms with Crippen LogP contribution in [0.4, 0.5) is 0 Å². The molecular formula is C40H72NO12+. The second kappa shape index (κ2) is 16.7. The van der Waals surface area contributed by atoms with Gasteiger partial charge < -0.3 is 58.1 Å². The highest BCUT2D eigenvalue weighted by molar-refractivity contribution is 5.73. The van der Waals surface area contributed by atoms with Crippen LogP contribution in [-0.4, -0.2) is 149 Å². The maximum atomic E-state index is 14.2. The van der Waals surface area contributed by atoms with Crippen LogP contribution in [0.1, 0.15) is 94.9 Å². The molecule has 0 aromatic carbocycles. The molecule has 13 nitrogen and oxygen atoms in total. The van der Waals surface area contributed by atoms with Gasteiger partial charge in [-0.15, -0.1) is 0 Å². The number of aliphatic hydroxyl groups excluding tert-OH is 3. The number of aliphatic hydroxyl groups is 4. The van der Waals surface area contributed by atoms with Crippen molar-refractivity contribution in [3.05, 3.63) is 12.7 Å². The second-order valence-electron chi connectivity index (χ2n) is 18.0. The summed E-state index contributed by atoms with van der Waals surface area (Å²) in [4.78, 5) is 14.2. The van der Waals surface area contributed by atoms with Crippen LogP contribution in [0.15, 0.2) is 12.7 Å². The Kier molecular flexibility index (Phi) is 14.0. The minimum Gasteiger partial charge on any atom is -0.459 e. The van der Waals surface area contributed by atoms with Crippen molar-refractivity contribution < 1.29 is 62.9 Å². The van der Waals surface area contributed by atoms with Crippen LogP contribution in [0, 0.1) is 23.7 Å². The Hall–Kier alpha value is -1.23. The van der Waals surface area contributed by atoms with Crippen LogP contribution >= 0.6 is 0 Å². The van der Waals surface area contributed by atoms with E-state index < -0.39 is 102 Å². The molecule has 0 spiro atoms. The molecule has 4 fully saturated rings. The molecule has 4 rings (SSSR count). The SMILES string of the molecule is C=CC[N+](C)(C)C1CC(C)OC(O[C@@H]2C(C)C(OC3CC(C)(OC)C(O)C(C)O3)C(C)C(=O)OC(CC)[C@@](C)(O)[C@H](O)[C@@H](C)C3O[C@@]2(C)C[C@H]3C)C1O. The summed E-state index contributed by atoms with van der Waals surface area (Å²) in [5.74, 6) is -2.78. The van der Waals surface area contributed by atoms with Gasteiger partial charge in [0.25, 0.3) is 0 Å². The molecule has 13 heteroatoms. The number of nitrogens with zero attached hydrogens (tertiary/aromatic N) is 1. The van der Waals surface area contributed by atoms with E-state index in [1.807, 2.05) is 33.8 Å². The van der Waals surface area contributed by atoms with Gasteiger partial charge >= 0.3 is 5.97 Å². The van der Waals surface area contributed by atoms with Gasteiger partial charge in [0.05, 0.1) is 74.4 Å². The monoisotopic (exact) mass is 759 g/mol. The van der Waals surface area contributed by atoms with Crippen molar-refractivity contribution in [1.82, 2.24) is 0 Å². The number of hydrogen-bond acceptors (Lipinski definition) is 12. The third-order valence-corrected chi connectivity index (χ3v) is 13.2. The number of carbonyl (C=O) groups excluding carboxylic acids is 1. The van der Waals surface area contributed by atoms with Gasteiger partial charge in [-0.2, -0.15) is 0 Å². The normalized spacial score (nSPS) is 50.4. The van der Waals surface area contributed by atoms with E-state index in [1.54, 1.807) is 27.7 Å². The first-order valence-corrected chi connectivity index (χ1v) is 19.7. The fraction of sp³-hybridized carbons (Fsp3) is 0.925. The molecule has 2 bridgehead atoms. The van der Waals surface area contributed by atoms with Crippen molar-refractivity contribution in [2.45, 2.75) is 185 Å². The number of methoxy groups -OCH3 is 1. The molecule has 19 atom stereocenters. The molecule has 0 aromatic rings. The summed E-state index contributed by atoms with van der Waals surface area (Å²) in [5, 5.41) is 46.5. The van der Waals surface area contributed by atoms with Crippen molar-refractivity contribution >= 4 is 5.97 Å². The van der Waals surface area contributed by atoms with E-state index in [9.17, 15) is 25.2 Å². The topological polar surface area (TPSA) is 163 Å². The number of cyclic esters (lactones) is 1. The Labute approximate surface area is 317 Å². The molecule has 53 heavy (non-hydrogen) atoms. The molecule has 0 amide bonds. The number of esters is 1. The van der Waals surface area contributed by atoms with Gasteiger partial charge in [0.1, 0.15) is 23.9 Å². The van der Waals surface area contributed by atoms with Gasteiger partial charge in [0.15, 0.2) is 18.7 Å². The molecule has 4 saturated heterocycles. The Bertz CT molecular complexity index is 1250. The Morgan fingerprint density at radius 3 is 2.19 bits per heavy atom. The summed E-state index contributed by atoms with van der Waals surface area (Å²) in [7, 11) is 5.64. The molecule has 0 aliphatic carbocycles. The number of hydrogen-bond donors (Lipinski definition) is 4. The van der Waals surface area contributed by atoms with Crippen molar-refractivity contribution in [3.63, 3.8) is 0 Å². The Morgan fingerprint density at radius 1 is 0.962 bits per heavy atom. The summed E-state index contributed by atoms with van der Waals surface area (Å²) in [6.07, 6.45) is -5.88. The first-order chi connectivity index (χ1) is 24.5. The predicted octanol–water partition coefficient (Wildman–Crippen LogP) is 3.32. The number of rotatable bonds is 9. The minimum absolute atomic E-state index is 0.0698. The smallest absolute Gasteiger partial charge is 0.311 e. The average molecular weight is 759 g/mol. The summed E-state index contributed by atoms with van der Waals surface area (Å²) in [5.41, 5.74) is -3.80. The fourth-order valence-corrected chi connectivity index (χ4v) is 9.85. The van der Waals surface area contributed by atoms with Crippen LogP contribution in [0.2, 0.25) is 0 Å². The van der Waals surface area contributed by atoms with Crippen molar-refractivity contribution in [2.24, 2.45) is 23.7 Å². The van der Waals surface area contributed by atoms with Gasteiger partial charge in [0.2, 0.25) is 0 Å². The molecule has 0 saturated carbocycles. The highest BCUT2D eigenvalue weighted by Crippen LogP contribution is 2.48. The predicted molar refractivity (Wildman–Crippen MR) is 197 cm³/mol. The standard InChI is InChI=1S/C40H72NO12/c1-15-17-41(12,13)27-18-22(4)48-37(30(27)42)52-35-24(6)32(51-29-20-38(9,47-14)34(44)26(8)49-29)25(7)36(45)50-28(16-2)40(11,46)33(43)23(5)31-21(3)19-39(35,10)53-31/h15,21-35,37,42-44,46H,1,16-20H2,2-14H3/q+1/t21-,22?,23+,24?,25?,26?,27?,28?,29?,30?,31?,32?,33-,34?,35-,37?,38?,39+,40-/m1/s1. The average Bonchev–Trinajstić information content (AvgIpc) is 3.40. The van der Waals surface area contributed by atoms with Crippen LogP contribution in [0.5, 0.6) is 0 Å². The van der Waals surface area contributed by atoms with Crippen molar-refractivity contribution in [3.8, 4) is 0 Å².